The minimum Gasteiger partial charge on any atom is -0.422 e. The first-order chi connectivity index (χ1) is 13.7. The fourth-order valence-electron chi connectivity index (χ4n) is 3.84. The molecule has 0 aromatic heterocycles. The summed E-state index contributed by atoms with van der Waals surface area (Å²) in [4.78, 5) is 18.1. The highest BCUT2D eigenvalue weighted by Crippen LogP contribution is 2.53. The van der Waals surface area contributed by atoms with Gasteiger partial charge in [-0.05, 0) is 47.0 Å². The third-order valence-corrected chi connectivity index (χ3v) is 5.01. The minimum absolute atomic E-state index is 0.0797. The molecule has 2 aliphatic rings. The van der Waals surface area contributed by atoms with E-state index in [0.29, 0.717) is 11.5 Å². The van der Waals surface area contributed by atoms with Crippen molar-refractivity contribution in [3.05, 3.63) is 102 Å². The molecule has 4 nitrogen and oxygen atoms in total. The number of rotatable bonds is 2. The number of fused-ring (bicyclic) bond motifs is 4. The second-order valence-corrected chi connectivity index (χ2v) is 6.83. The molecule has 0 fully saturated rings. The van der Waals surface area contributed by atoms with Crippen LogP contribution in [0.4, 0.5) is 0 Å². The van der Waals surface area contributed by atoms with E-state index in [1.165, 1.54) is 6.92 Å². The Morgan fingerprint density at radius 1 is 0.857 bits per heavy atom. The van der Waals surface area contributed by atoms with Gasteiger partial charge in [0.05, 0.1) is 11.1 Å². The summed E-state index contributed by atoms with van der Waals surface area (Å²) in [5.41, 5.74) is 5.25. The predicted molar refractivity (Wildman–Crippen MR) is 107 cm³/mol. The summed E-state index contributed by atoms with van der Waals surface area (Å²) in [5.74, 6) is -0.977. The van der Waals surface area contributed by atoms with Crippen LogP contribution in [0.25, 0.3) is 16.7 Å². The molecule has 0 saturated heterocycles. The summed E-state index contributed by atoms with van der Waals surface area (Å²) in [6.45, 7) is 1.53. The molecule has 3 aromatic rings. The van der Waals surface area contributed by atoms with Gasteiger partial charge < -0.3 is 9.57 Å². The highest BCUT2D eigenvalue weighted by atomic mass is 16.8. The first-order valence-corrected chi connectivity index (χ1v) is 9.12. The Balaban J connectivity index is 1.74. The smallest absolute Gasteiger partial charge is 0.331 e. The molecule has 0 radical (unpaired) electrons. The van der Waals surface area contributed by atoms with Gasteiger partial charge in [-0.15, -0.1) is 0 Å². The minimum atomic E-state index is -1.29. The molecule has 136 valence electrons. The summed E-state index contributed by atoms with van der Waals surface area (Å²) in [7, 11) is 0. The molecule has 3 aromatic carbocycles. The number of hydrogen-bond donors (Lipinski definition) is 0. The number of carbonyl (C=O) groups is 1. The first kappa shape index (κ1) is 16.5. The zero-order valence-electron chi connectivity index (χ0n) is 15.3. The number of hydrogen-bond acceptors (Lipinski definition) is 4. The predicted octanol–water partition coefficient (Wildman–Crippen LogP) is 4.90. The van der Waals surface area contributed by atoms with Gasteiger partial charge in [0.25, 0.3) is 5.90 Å². The van der Waals surface area contributed by atoms with Crippen LogP contribution in [0.2, 0.25) is 0 Å². The number of ketones is 1. The largest absolute Gasteiger partial charge is 0.422 e. The summed E-state index contributed by atoms with van der Waals surface area (Å²) in [5, 5.41) is 4.25. The zero-order valence-corrected chi connectivity index (χ0v) is 15.3. The van der Waals surface area contributed by atoms with Crippen molar-refractivity contribution in [3.63, 3.8) is 0 Å². The standard InChI is InChI=1S/C24H17NO3/c1-16(26)15-22-20-13-6-5-11-18(20)19-12-7-8-14-21(19)24(22)27-23(25-28-24)17-9-3-2-4-10-17/h2-15H,1H3/b22-15+. The SMILES string of the molecule is CC(=O)/C=C1\c2ccccc2-c2ccccc2C12ON=C(c1ccccc1)O2. The van der Waals surface area contributed by atoms with Gasteiger partial charge in [-0.3, -0.25) is 4.79 Å². The molecule has 1 spiro atoms. The van der Waals surface area contributed by atoms with Crippen molar-refractivity contribution < 1.29 is 14.4 Å². The molecule has 28 heavy (non-hydrogen) atoms. The van der Waals surface area contributed by atoms with Crippen molar-refractivity contribution in [2.75, 3.05) is 0 Å². The lowest BCUT2D eigenvalue weighted by atomic mass is 9.77. The van der Waals surface area contributed by atoms with E-state index in [4.69, 9.17) is 9.57 Å². The van der Waals surface area contributed by atoms with Gasteiger partial charge in [-0.1, -0.05) is 66.7 Å². The average molecular weight is 367 g/mol. The first-order valence-electron chi connectivity index (χ1n) is 9.12. The maximum Gasteiger partial charge on any atom is 0.331 e. The maximum absolute atomic E-state index is 12.1. The van der Waals surface area contributed by atoms with Crippen LogP contribution in [0.5, 0.6) is 0 Å². The van der Waals surface area contributed by atoms with Crippen LogP contribution in [-0.4, -0.2) is 11.7 Å². The Hall–Kier alpha value is -3.66. The van der Waals surface area contributed by atoms with Gasteiger partial charge in [0.1, 0.15) is 0 Å². The Morgan fingerprint density at radius 3 is 2.25 bits per heavy atom. The molecule has 5 rings (SSSR count). The van der Waals surface area contributed by atoms with Gasteiger partial charge in [0.15, 0.2) is 5.78 Å². The van der Waals surface area contributed by atoms with E-state index < -0.39 is 5.79 Å². The van der Waals surface area contributed by atoms with Crippen LogP contribution in [-0.2, 0) is 20.2 Å². The molecule has 4 heteroatoms. The summed E-state index contributed by atoms with van der Waals surface area (Å²) in [6.07, 6.45) is 1.58. The highest BCUT2D eigenvalue weighted by Gasteiger charge is 2.52. The van der Waals surface area contributed by atoms with E-state index >= 15 is 0 Å². The number of ether oxygens (including phenoxy) is 1. The van der Waals surface area contributed by atoms with Crippen molar-refractivity contribution >= 4 is 17.3 Å². The Bertz CT molecular complexity index is 1150. The van der Waals surface area contributed by atoms with Gasteiger partial charge in [-0.25, -0.2) is 0 Å². The van der Waals surface area contributed by atoms with Crippen LogP contribution in [0.3, 0.4) is 0 Å². The van der Waals surface area contributed by atoms with E-state index in [1.54, 1.807) is 6.08 Å². The number of carbonyl (C=O) groups excluding carboxylic acids is 1. The Kier molecular flexibility index (Phi) is 3.66. The topological polar surface area (TPSA) is 47.9 Å². The zero-order chi connectivity index (χ0) is 19.1. The van der Waals surface area contributed by atoms with Gasteiger partial charge >= 0.3 is 5.79 Å². The van der Waals surface area contributed by atoms with Crippen LogP contribution in [0.15, 0.2) is 90.1 Å². The summed E-state index contributed by atoms with van der Waals surface area (Å²) < 4.78 is 6.38. The quantitative estimate of drug-likeness (QED) is 0.605. The molecular weight excluding hydrogens is 350 g/mol. The molecule has 1 aliphatic heterocycles. The molecular formula is C24H17NO3. The third-order valence-electron chi connectivity index (χ3n) is 5.01. The van der Waals surface area contributed by atoms with Crippen molar-refractivity contribution in [3.8, 4) is 11.1 Å². The molecule has 0 amide bonds. The van der Waals surface area contributed by atoms with Gasteiger partial charge in [0.2, 0.25) is 0 Å². The van der Waals surface area contributed by atoms with E-state index in [1.807, 2.05) is 78.9 Å². The number of oxime groups is 1. The Labute approximate surface area is 162 Å². The normalized spacial score (nSPS) is 20.8. The lowest BCUT2D eigenvalue weighted by Gasteiger charge is -2.35. The molecule has 0 bridgehead atoms. The average Bonchev–Trinajstić information content (AvgIpc) is 3.18. The van der Waals surface area contributed by atoms with Gasteiger partial charge in [0, 0.05) is 5.56 Å². The number of allylic oxidation sites excluding steroid dienone is 1. The summed E-state index contributed by atoms with van der Waals surface area (Å²) >= 11 is 0. The van der Waals surface area contributed by atoms with Crippen LogP contribution in [0.1, 0.15) is 23.6 Å². The van der Waals surface area contributed by atoms with Crippen molar-refractivity contribution in [1.82, 2.24) is 0 Å². The number of nitrogens with zero attached hydrogens (tertiary/aromatic N) is 1. The van der Waals surface area contributed by atoms with Gasteiger partial charge in [-0.2, -0.15) is 0 Å². The third kappa shape index (κ3) is 2.38. The lowest BCUT2D eigenvalue weighted by Crippen LogP contribution is -2.34. The molecule has 0 saturated carbocycles. The molecule has 1 atom stereocenters. The summed E-state index contributed by atoms with van der Waals surface area (Å²) in [6, 6.07) is 25.5. The van der Waals surface area contributed by atoms with Crippen molar-refractivity contribution in [1.29, 1.82) is 0 Å². The molecule has 1 aliphatic carbocycles. The van der Waals surface area contributed by atoms with Crippen molar-refractivity contribution in [2.24, 2.45) is 5.16 Å². The van der Waals surface area contributed by atoms with Crippen LogP contribution in [0, 0.1) is 0 Å². The van der Waals surface area contributed by atoms with E-state index in [0.717, 1.165) is 27.8 Å². The second kappa shape index (κ2) is 6.20. The van der Waals surface area contributed by atoms with E-state index in [-0.39, 0.29) is 5.78 Å². The fraction of sp³-hybridized carbons (Fsp3) is 0.0833. The maximum atomic E-state index is 12.1. The molecule has 0 N–H and O–H groups in total. The molecule has 1 heterocycles. The molecule has 1 unspecified atom stereocenters. The van der Waals surface area contributed by atoms with E-state index in [2.05, 4.69) is 5.16 Å². The second-order valence-electron chi connectivity index (χ2n) is 6.83. The van der Waals surface area contributed by atoms with E-state index in [9.17, 15) is 4.79 Å². The van der Waals surface area contributed by atoms with Crippen LogP contribution >= 0.6 is 0 Å². The lowest BCUT2D eigenvalue weighted by molar-refractivity contribution is -0.120. The monoisotopic (exact) mass is 367 g/mol. The number of benzene rings is 3. The Morgan fingerprint density at radius 2 is 1.50 bits per heavy atom. The van der Waals surface area contributed by atoms with Crippen molar-refractivity contribution in [2.45, 2.75) is 12.7 Å². The fourth-order valence-corrected chi connectivity index (χ4v) is 3.84. The van der Waals surface area contributed by atoms with Crippen LogP contribution < -0.4 is 0 Å². The highest BCUT2D eigenvalue weighted by molar-refractivity contribution is 6.03.